The topological polar surface area (TPSA) is 15.3 Å². The smallest absolute Gasteiger partial charge is 0.186 e. The van der Waals surface area contributed by atoms with Crippen LogP contribution in [0.5, 0.6) is 0 Å². The minimum Gasteiger partial charge on any atom is -0.340 e. The molecule has 0 rings (SSSR count). The average molecular weight is 85.9 g/mol. The zero-order chi connectivity index (χ0) is 4.99. The summed E-state index contributed by atoms with van der Waals surface area (Å²) in [6, 6.07) is 0. The molecular weight excluding hydrogens is 74.9 g/mol. The molecule has 0 aliphatic rings. The van der Waals surface area contributed by atoms with Crippen LogP contribution in [-0.2, 0) is 0 Å². The van der Waals surface area contributed by atoms with E-state index >= 15 is 0 Å². The van der Waals surface area contributed by atoms with Crippen LogP contribution in [0.25, 0.3) is 0 Å². The van der Waals surface area contributed by atoms with E-state index in [9.17, 15) is 0 Å². The Morgan fingerprint density at radius 3 is 2.33 bits per heavy atom. The highest BCUT2D eigenvalue weighted by Crippen LogP contribution is 1.58. The molecule has 0 aliphatic heterocycles. The molecule has 0 saturated carbocycles. The standard InChI is InChI=1S/C3H11BN2/c1-5-3-6(2)4/h5H,3-4H2,1-2H3. The summed E-state index contributed by atoms with van der Waals surface area (Å²) in [5.74, 6) is 0. The molecule has 0 aromatic carbocycles. The van der Waals surface area contributed by atoms with Gasteiger partial charge in [-0.05, 0) is 14.1 Å². The van der Waals surface area contributed by atoms with Crippen LogP contribution >= 0.6 is 0 Å². The van der Waals surface area contributed by atoms with Gasteiger partial charge in [0.25, 0.3) is 0 Å². The van der Waals surface area contributed by atoms with Gasteiger partial charge in [0, 0.05) is 6.67 Å². The number of rotatable bonds is 2. The van der Waals surface area contributed by atoms with E-state index in [1.807, 2.05) is 22.1 Å². The van der Waals surface area contributed by atoms with Crippen molar-refractivity contribution < 1.29 is 0 Å². The summed E-state index contributed by atoms with van der Waals surface area (Å²) in [6.45, 7) is 0.958. The van der Waals surface area contributed by atoms with Crippen LogP contribution in [0.3, 0.4) is 0 Å². The Balaban J connectivity index is 2.63. The third kappa shape index (κ3) is 3.98. The molecule has 1 N–H and O–H groups in total. The molecule has 0 radical (unpaired) electrons. The molecule has 0 unspecified atom stereocenters. The van der Waals surface area contributed by atoms with Crippen LogP contribution in [0, 0.1) is 0 Å². The average Bonchev–Trinajstić information content (AvgIpc) is 1.35. The van der Waals surface area contributed by atoms with Gasteiger partial charge in [-0.25, -0.2) is 0 Å². The highest BCUT2D eigenvalue weighted by Gasteiger charge is 1.78. The maximum Gasteiger partial charge on any atom is 0.186 e. The van der Waals surface area contributed by atoms with Gasteiger partial charge < -0.3 is 10.1 Å². The second-order valence-corrected chi connectivity index (χ2v) is 1.59. The zero-order valence-electron chi connectivity index (χ0n) is 4.65. The molecule has 0 aromatic rings. The van der Waals surface area contributed by atoms with Crippen molar-refractivity contribution in [1.82, 2.24) is 10.1 Å². The summed E-state index contributed by atoms with van der Waals surface area (Å²) >= 11 is 0. The normalized spacial score (nSPS) is 9.83. The van der Waals surface area contributed by atoms with Gasteiger partial charge in [-0.2, -0.15) is 0 Å². The van der Waals surface area contributed by atoms with E-state index in [1.165, 1.54) is 0 Å². The van der Waals surface area contributed by atoms with Gasteiger partial charge >= 0.3 is 0 Å². The quantitative estimate of drug-likeness (QED) is 0.330. The maximum absolute atomic E-state index is 2.99. The van der Waals surface area contributed by atoms with E-state index in [0.717, 1.165) is 6.67 Å². The molecule has 3 heteroatoms. The van der Waals surface area contributed by atoms with E-state index < -0.39 is 0 Å². The van der Waals surface area contributed by atoms with Gasteiger partial charge in [0.1, 0.15) is 0 Å². The predicted molar refractivity (Wildman–Crippen MR) is 30.2 cm³/mol. The molecule has 0 saturated heterocycles. The SMILES string of the molecule is BN(C)CNC. The van der Waals surface area contributed by atoms with Crippen LogP contribution in [0.15, 0.2) is 0 Å². The lowest BCUT2D eigenvalue weighted by Crippen LogP contribution is -2.25. The maximum atomic E-state index is 2.99. The fourth-order valence-electron chi connectivity index (χ4n) is 0.316. The summed E-state index contributed by atoms with van der Waals surface area (Å²) in [5.41, 5.74) is 0. The van der Waals surface area contributed by atoms with Crippen LogP contribution in [-0.4, -0.2) is 33.6 Å². The Labute approximate surface area is 40.0 Å². The Bertz CT molecular complexity index is 30.0. The third-order valence-corrected chi connectivity index (χ3v) is 0.474. The highest BCUT2D eigenvalue weighted by atomic mass is 15.1. The van der Waals surface area contributed by atoms with E-state index in [-0.39, 0.29) is 0 Å². The third-order valence-electron chi connectivity index (χ3n) is 0.474. The first-order valence-corrected chi connectivity index (χ1v) is 2.06. The van der Waals surface area contributed by atoms with E-state index in [2.05, 4.69) is 10.1 Å². The number of hydrogen-bond acceptors (Lipinski definition) is 2. The van der Waals surface area contributed by atoms with Gasteiger partial charge in [0.2, 0.25) is 0 Å². The Hall–Kier alpha value is -0.0151. The molecule has 0 amide bonds. The van der Waals surface area contributed by atoms with Crippen molar-refractivity contribution >= 4 is 7.98 Å². The molecule has 2 nitrogen and oxygen atoms in total. The zero-order valence-corrected chi connectivity index (χ0v) is 4.65. The molecule has 0 fully saturated rings. The van der Waals surface area contributed by atoms with Gasteiger partial charge in [0.05, 0.1) is 0 Å². The summed E-state index contributed by atoms with van der Waals surface area (Å²) in [6.07, 6.45) is 0. The van der Waals surface area contributed by atoms with Crippen molar-refractivity contribution in [2.24, 2.45) is 0 Å². The summed E-state index contributed by atoms with van der Waals surface area (Å²) < 4.78 is 0. The van der Waals surface area contributed by atoms with Crippen molar-refractivity contribution in [3.63, 3.8) is 0 Å². The summed E-state index contributed by atoms with van der Waals surface area (Å²) in [4.78, 5) is 2.07. The largest absolute Gasteiger partial charge is 0.340 e. The molecule has 36 valence electrons. The van der Waals surface area contributed by atoms with Crippen LogP contribution < -0.4 is 5.32 Å². The minimum absolute atomic E-state index is 0.958. The Morgan fingerprint density at radius 2 is 2.33 bits per heavy atom. The van der Waals surface area contributed by atoms with Crippen molar-refractivity contribution in [2.45, 2.75) is 0 Å². The second-order valence-electron chi connectivity index (χ2n) is 1.59. The van der Waals surface area contributed by atoms with Crippen molar-refractivity contribution in [2.75, 3.05) is 20.8 Å². The highest BCUT2D eigenvalue weighted by molar-refractivity contribution is 6.04. The predicted octanol–water partition coefficient (Wildman–Crippen LogP) is -1.36. The van der Waals surface area contributed by atoms with Gasteiger partial charge in [0.15, 0.2) is 7.98 Å². The number of hydrogen-bond donors (Lipinski definition) is 1. The van der Waals surface area contributed by atoms with Gasteiger partial charge in [-0.3, -0.25) is 0 Å². The van der Waals surface area contributed by atoms with Crippen LogP contribution in [0.2, 0.25) is 0 Å². The summed E-state index contributed by atoms with van der Waals surface area (Å²) in [5, 5.41) is 2.99. The minimum atomic E-state index is 0.958. The molecular formula is C3H11BN2. The van der Waals surface area contributed by atoms with E-state index in [0.29, 0.717) is 0 Å². The summed E-state index contributed by atoms with van der Waals surface area (Å²) in [7, 11) is 5.98. The van der Waals surface area contributed by atoms with Crippen molar-refractivity contribution in [1.29, 1.82) is 0 Å². The van der Waals surface area contributed by atoms with Crippen molar-refractivity contribution in [3.8, 4) is 0 Å². The molecule has 0 heterocycles. The molecule has 0 atom stereocenters. The first-order chi connectivity index (χ1) is 2.77. The molecule has 0 spiro atoms. The lowest BCUT2D eigenvalue weighted by atomic mass is 10.4. The lowest BCUT2D eigenvalue weighted by molar-refractivity contribution is 0.506. The second kappa shape index (κ2) is 3.19. The first kappa shape index (κ1) is 5.98. The Kier molecular flexibility index (Phi) is 3.18. The molecule has 6 heavy (non-hydrogen) atoms. The molecule has 0 aromatic heterocycles. The van der Waals surface area contributed by atoms with E-state index in [4.69, 9.17) is 0 Å². The fourth-order valence-corrected chi connectivity index (χ4v) is 0.316. The van der Waals surface area contributed by atoms with Crippen molar-refractivity contribution in [3.05, 3.63) is 0 Å². The number of nitrogens with one attached hydrogen (secondary N) is 1. The molecule has 0 aliphatic carbocycles. The van der Waals surface area contributed by atoms with Gasteiger partial charge in [-0.15, -0.1) is 0 Å². The monoisotopic (exact) mass is 86.1 g/mol. The molecule has 0 bridgehead atoms. The van der Waals surface area contributed by atoms with E-state index in [1.54, 1.807) is 0 Å². The number of nitrogens with zero attached hydrogens (tertiary/aromatic N) is 1. The van der Waals surface area contributed by atoms with Crippen LogP contribution in [0.1, 0.15) is 0 Å². The first-order valence-electron chi connectivity index (χ1n) is 2.06. The lowest BCUT2D eigenvalue weighted by Gasteiger charge is -2.05. The fraction of sp³-hybridized carbons (Fsp3) is 1.00. The van der Waals surface area contributed by atoms with Gasteiger partial charge in [-0.1, -0.05) is 0 Å². The Morgan fingerprint density at radius 1 is 1.83 bits per heavy atom. The van der Waals surface area contributed by atoms with Crippen LogP contribution in [0.4, 0.5) is 0 Å².